The molecule has 2 aromatic carbocycles. The summed E-state index contributed by atoms with van der Waals surface area (Å²) in [4.78, 5) is 65.1. The molecule has 4 amide bonds. The number of benzene rings is 2. The number of carboxylic acid groups (broad SMARTS) is 1. The Hall–Kier alpha value is -4.41. The lowest BCUT2D eigenvalue weighted by Gasteiger charge is -2.29. The second kappa shape index (κ2) is 14.3. The molecule has 1 fully saturated rings. The van der Waals surface area contributed by atoms with Gasteiger partial charge in [0.2, 0.25) is 17.7 Å². The maximum atomic E-state index is 13.6. The first-order valence-corrected chi connectivity index (χ1v) is 13.6. The van der Waals surface area contributed by atoms with Crippen LogP contribution in [-0.2, 0) is 36.8 Å². The Balaban J connectivity index is 1.80. The van der Waals surface area contributed by atoms with Crippen molar-refractivity contribution in [1.82, 2.24) is 20.9 Å². The molecule has 0 bridgehead atoms. The van der Waals surface area contributed by atoms with Gasteiger partial charge < -0.3 is 25.8 Å². The van der Waals surface area contributed by atoms with Crippen molar-refractivity contribution in [2.24, 2.45) is 0 Å². The van der Waals surface area contributed by atoms with E-state index in [1.165, 1.54) is 4.90 Å². The molecule has 41 heavy (non-hydrogen) atoms. The van der Waals surface area contributed by atoms with E-state index in [4.69, 9.17) is 9.84 Å². The minimum Gasteiger partial charge on any atom is -0.480 e. The highest BCUT2D eigenvalue weighted by atomic mass is 16.6. The first-order valence-electron chi connectivity index (χ1n) is 13.6. The molecule has 0 aromatic heterocycles. The number of nitrogens with zero attached hydrogens (tertiary/aromatic N) is 1. The van der Waals surface area contributed by atoms with Crippen LogP contribution in [0, 0.1) is 0 Å². The van der Waals surface area contributed by atoms with Crippen LogP contribution in [0.4, 0.5) is 4.79 Å². The average molecular weight is 567 g/mol. The zero-order valence-electron chi connectivity index (χ0n) is 23.6. The lowest BCUT2D eigenvalue weighted by atomic mass is 10.0. The molecule has 0 radical (unpaired) electrons. The molecule has 1 heterocycles. The summed E-state index contributed by atoms with van der Waals surface area (Å²) >= 11 is 0. The predicted molar refractivity (Wildman–Crippen MR) is 151 cm³/mol. The fourth-order valence-corrected chi connectivity index (χ4v) is 4.52. The number of amides is 4. The number of aliphatic carboxylic acids is 1. The Morgan fingerprint density at radius 3 is 1.93 bits per heavy atom. The van der Waals surface area contributed by atoms with Gasteiger partial charge in [0.05, 0.1) is 0 Å². The summed E-state index contributed by atoms with van der Waals surface area (Å²) in [6.45, 7) is 4.98. The highest BCUT2D eigenvalue weighted by molar-refractivity contribution is 5.94. The van der Waals surface area contributed by atoms with Crippen molar-refractivity contribution >= 4 is 29.8 Å². The van der Waals surface area contributed by atoms with Gasteiger partial charge in [-0.1, -0.05) is 60.7 Å². The Kier molecular flexibility index (Phi) is 10.8. The minimum atomic E-state index is -1.22. The monoisotopic (exact) mass is 566 g/mol. The Morgan fingerprint density at radius 2 is 1.41 bits per heavy atom. The highest BCUT2D eigenvalue weighted by Gasteiger charge is 2.38. The van der Waals surface area contributed by atoms with E-state index >= 15 is 0 Å². The lowest BCUT2D eigenvalue weighted by molar-refractivity contribution is -0.138. The zero-order chi connectivity index (χ0) is 30.0. The molecule has 0 spiro atoms. The van der Waals surface area contributed by atoms with Crippen LogP contribution in [0.1, 0.15) is 44.7 Å². The molecular formula is C30H38N4O7. The van der Waals surface area contributed by atoms with Crippen LogP contribution < -0.4 is 16.0 Å². The van der Waals surface area contributed by atoms with Gasteiger partial charge in [-0.3, -0.25) is 24.1 Å². The Bertz CT molecular complexity index is 1210. The van der Waals surface area contributed by atoms with Gasteiger partial charge in [-0.05, 0) is 44.7 Å². The molecule has 1 aliphatic rings. The third-order valence-electron chi connectivity index (χ3n) is 6.43. The van der Waals surface area contributed by atoms with Crippen LogP contribution in [0.25, 0.3) is 0 Å². The Labute approximate surface area is 239 Å². The number of ether oxygens (including phenoxy) is 1. The SMILES string of the molecule is CC(C)(C)OC(=O)N1CCC[C@H]1C(=O)N[C@@H](Cc1ccccc1)C(=O)N[C@@H](Cc1ccccc1)C(=O)NCC(=O)O. The summed E-state index contributed by atoms with van der Waals surface area (Å²) in [5, 5.41) is 16.8. The highest BCUT2D eigenvalue weighted by Crippen LogP contribution is 2.21. The van der Waals surface area contributed by atoms with Crippen LogP contribution in [-0.4, -0.2) is 76.6 Å². The van der Waals surface area contributed by atoms with E-state index in [9.17, 15) is 24.0 Å². The van der Waals surface area contributed by atoms with E-state index in [0.717, 1.165) is 11.1 Å². The summed E-state index contributed by atoms with van der Waals surface area (Å²) in [5.74, 6) is -3.00. The summed E-state index contributed by atoms with van der Waals surface area (Å²) < 4.78 is 5.47. The van der Waals surface area contributed by atoms with Crippen molar-refractivity contribution in [2.75, 3.05) is 13.1 Å². The summed E-state index contributed by atoms with van der Waals surface area (Å²) in [7, 11) is 0. The molecule has 11 heteroatoms. The molecule has 0 aliphatic carbocycles. The number of likely N-dealkylation sites (tertiary alicyclic amines) is 1. The fraction of sp³-hybridized carbons (Fsp3) is 0.433. The third-order valence-corrected chi connectivity index (χ3v) is 6.43. The number of hydrogen-bond donors (Lipinski definition) is 4. The van der Waals surface area contributed by atoms with Crippen molar-refractivity contribution in [1.29, 1.82) is 0 Å². The molecule has 0 unspecified atom stereocenters. The van der Waals surface area contributed by atoms with Crippen molar-refractivity contribution in [3.63, 3.8) is 0 Å². The molecule has 4 N–H and O–H groups in total. The molecule has 3 rings (SSSR count). The number of carbonyl (C=O) groups excluding carboxylic acids is 4. The minimum absolute atomic E-state index is 0.110. The largest absolute Gasteiger partial charge is 0.480 e. The van der Waals surface area contributed by atoms with Crippen LogP contribution in [0.15, 0.2) is 60.7 Å². The first-order chi connectivity index (χ1) is 19.4. The maximum absolute atomic E-state index is 13.6. The zero-order valence-corrected chi connectivity index (χ0v) is 23.6. The van der Waals surface area contributed by atoms with Gasteiger partial charge in [-0.25, -0.2) is 4.79 Å². The average Bonchev–Trinajstić information content (AvgIpc) is 3.42. The van der Waals surface area contributed by atoms with Crippen molar-refractivity contribution in [3.05, 3.63) is 71.8 Å². The first kappa shape index (κ1) is 31.1. The second-order valence-corrected chi connectivity index (χ2v) is 10.9. The van der Waals surface area contributed by atoms with Gasteiger partial charge in [0.15, 0.2) is 0 Å². The molecule has 3 atom stereocenters. The van der Waals surface area contributed by atoms with Crippen LogP contribution in [0.3, 0.4) is 0 Å². The summed E-state index contributed by atoms with van der Waals surface area (Å²) in [6, 6.07) is 15.1. The van der Waals surface area contributed by atoms with Gasteiger partial charge in [0, 0.05) is 19.4 Å². The van der Waals surface area contributed by atoms with E-state index < -0.39 is 60.1 Å². The maximum Gasteiger partial charge on any atom is 0.410 e. The number of rotatable bonds is 11. The van der Waals surface area contributed by atoms with Gasteiger partial charge in [-0.2, -0.15) is 0 Å². The van der Waals surface area contributed by atoms with E-state index in [2.05, 4.69) is 16.0 Å². The van der Waals surface area contributed by atoms with E-state index in [-0.39, 0.29) is 12.8 Å². The predicted octanol–water partition coefficient (Wildman–Crippen LogP) is 2.04. The fourth-order valence-electron chi connectivity index (χ4n) is 4.52. The van der Waals surface area contributed by atoms with E-state index in [1.54, 1.807) is 45.0 Å². The molecule has 1 saturated heterocycles. The number of carboxylic acids is 1. The van der Waals surface area contributed by atoms with Gasteiger partial charge in [-0.15, -0.1) is 0 Å². The molecule has 1 aliphatic heterocycles. The quantitative estimate of drug-likeness (QED) is 0.325. The number of nitrogens with one attached hydrogen (secondary N) is 3. The smallest absolute Gasteiger partial charge is 0.410 e. The van der Waals surface area contributed by atoms with Crippen molar-refractivity contribution in [2.45, 2.75) is 70.2 Å². The van der Waals surface area contributed by atoms with Gasteiger partial charge in [0.25, 0.3) is 0 Å². The van der Waals surface area contributed by atoms with Crippen LogP contribution >= 0.6 is 0 Å². The molecule has 220 valence electrons. The molecular weight excluding hydrogens is 528 g/mol. The third kappa shape index (κ3) is 9.93. The van der Waals surface area contributed by atoms with Crippen molar-refractivity contribution < 1.29 is 33.8 Å². The Morgan fingerprint density at radius 1 is 0.878 bits per heavy atom. The second-order valence-electron chi connectivity index (χ2n) is 10.9. The van der Waals surface area contributed by atoms with E-state index in [0.29, 0.717) is 19.4 Å². The van der Waals surface area contributed by atoms with Gasteiger partial charge in [0.1, 0.15) is 30.3 Å². The van der Waals surface area contributed by atoms with Crippen LogP contribution in [0.5, 0.6) is 0 Å². The topological polar surface area (TPSA) is 154 Å². The molecule has 2 aromatic rings. The van der Waals surface area contributed by atoms with Gasteiger partial charge >= 0.3 is 12.1 Å². The molecule has 11 nitrogen and oxygen atoms in total. The number of hydrogen-bond acceptors (Lipinski definition) is 6. The lowest BCUT2D eigenvalue weighted by Crippen LogP contribution is -2.57. The van der Waals surface area contributed by atoms with Crippen LogP contribution in [0.2, 0.25) is 0 Å². The normalized spacial score (nSPS) is 16.3. The standard InChI is InChI=1S/C30H38N4O7/c1-30(2,3)41-29(40)34-16-10-15-24(34)28(39)33-23(18-21-13-8-5-9-14-21)27(38)32-22(26(37)31-19-25(35)36)17-20-11-6-4-7-12-20/h4-9,11-14,22-24H,10,15-19H2,1-3H3,(H,31,37)(H,32,38)(H,33,39)(H,35,36)/t22-,23-,24-/m0/s1. The molecule has 0 saturated carbocycles. The van der Waals surface area contributed by atoms with E-state index in [1.807, 2.05) is 36.4 Å². The van der Waals surface area contributed by atoms with Crippen molar-refractivity contribution in [3.8, 4) is 0 Å². The summed E-state index contributed by atoms with van der Waals surface area (Å²) in [6.07, 6.45) is 0.664. The summed E-state index contributed by atoms with van der Waals surface area (Å²) in [5.41, 5.74) is 0.801. The number of carbonyl (C=O) groups is 5.